The minimum absolute atomic E-state index is 0. The molecule has 0 spiro atoms. The second-order valence-electron chi connectivity index (χ2n) is 13.8. The number of allylic oxidation sites excluding steroid dienone is 2. The van der Waals surface area contributed by atoms with Gasteiger partial charge in [0, 0.05) is 76.3 Å². The van der Waals surface area contributed by atoms with Gasteiger partial charge in [-0.3, -0.25) is 14.8 Å². The fourth-order valence-electron chi connectivity index (χ4n) is 5.43. The van der Waals surface area contributed by atoms with E-state index in [1.807, 2.05) is 60.1 Å². The Morgan fingerprint density at radius 3 is 2.15 bits per heavy atom. The summed E-state index contributed by atoms with van der Waals surface area (Å²) in [5.74, 6) is 0.286. The summed E-state index contributed by atoms with van der Waals surface area (Å²) in [6.07, 6.45) is 10.4. The number of nitrogens with zero attached hydrogens (tertiary/aromatic N) is 2. The van der Waals surface area contributed by atoms with E-state index in [1.165, 1.54) is 37.6 Å². The van der Waals surface area contributed by atoms with Crippen molar-refractivity contribution in [2.75, 3.05) is 0 Å². The monoisotopic (exact) mass is 826 g/mol. The summed E-state index contributed by atoms with van der Waals surface area (Å²) in [5.41, 5.74) is 3.93. The fourth-order valence-corrected chi connectivity index (χ4v) is 6.46. The van der Waals surface area contributed by atoms with Crippen LogP contribution in [0, 0.1) is 16.9 Å². The second kappa shape index (κ2) is 15.8. The molecule has 0 saturated heterocycles. The van der Waals surface area contributed by atoms with Gasteiger partial charge in [0.1, 0.15) is 5.76 Å². The van der Waals surface area contributed by atoms with E-state index in [1.54, 1.807) is 11.3 Å². The van der Waals surface area contributed by atoms with Crippen molar-refractivity contribution in [3.63, 3.8) is 0 Å². The molecule has 251 valence electrons. The topological polar surface area (TPSA) is 63.1 Å². The predicted molar refractivity (Wildman–Crippen MR) is 196 cm³/mol. The molecule has 0 aliphatic rings. The first kappa shape index (κ1) is 38.3. The molecule has 0 amide bonds. The normalized spacial score (nSPS) is 12.4. The number of aliphatic hydroxyl groups is 1. The Kier molecular flexibility index (Phi) is 12.9. The van der Waals surface area contributed by atoms with Gasteiger partial charge in [-0.05, 0) is 54.9 Å². The maximum Gasteiger partial charge on any atom is 0.164 e. The van der Waals surface area contributed by atoms with Gasteiger partial charge in [0.05, 0.1) is 0 Å². The van der Waals surface area contributed by atoms with E-state index in [9.17, 15) is 9.90 Å². The van der Waals surface area contributed by atoms with E-state index in [0.717, 1.165) is 42.3 Å². The molecule has 5 rings (SSSR count). The first-order chi connectivity index (χ1) is 21.8. The number of aromatic nitrogens is 2. The van der Waals surface area contributed by atoms with Crippen LogP contribution in [-0.2, 0) is 30.3 Å². The Hall–Kier alpha value is -3.18. The third-order valence-corrected chi connectivity index (χ3v) is 11.0. The molecule has 2 aromatic carbocycles. The zero-order valence-corrected chi connectivity index (χ0v) is 32.5. The molecule has 47 heavy (non-hydrogen) atoms. The number of aliphatic hydroxyl groups excluding tert-OH is 1. The number of fused-ring (bicyclic) bond motifs is 2. The number of carbonyl (C=O) groups excluding carboxylic acids is 1. The first-order valence-corrected chi connectivity index (χ1v) is 17.3. The van der Waals surface area contributed by atoms with Crippen molar-refractivity contribution in [3.8, 4) is 21.7 Å². The summed E-state index contributed by atoms with van der Waals surface area (Å²) in [5, 5.41) is 13.7. The first-order valence-electron chi connectivity index (χ1n) is 16.5. The van der Waals surface area contributed by atoms with Crippen molar-refractivity contribution in [3.05, 3.63) is 96.7 Å². The average Bonchev–Trinajstić information content (AvgIpc) is 3.51. The van der Waals surface area contributed by atoms with Crippen molar-refractivity contribution >= 4 is 38.0 Å². The van der Waals surface area contributed by atoms with Gasteiger partial charge >= 0.3 is 0 Å². The molecule has 5 aromatic rings. The summed E-state index contributed by atoms with van der Waals surface area (Å²) in [6, 6.07) is 22.9. The van der Waals surface area contributed by atoms with Crippen LogP contribution in [0.1, 0.15) is 93.6 Å². The molecule has 0 atom stereocenters. The van der Waals surface area contributed by atoms with Gasteiger partial charge < -0.3 is 5.11 Å². The number of ketones is 1. The molecule has 6 heteroatoms. The van der Waals surface area contributed by atoms with Gasteiger partial charge in [-0.15, -0.1) is 40.5 Å². The van der Waals surface area contributed by atoms with Gasteiger partial charge in [-0.1, -0.05) is 97.5 Å². The summed E-state index contributed by atoms with van der Waals surface area (Å²) >= 11 is 1.79. The second-order valence-corrected chi connectivity index (χ2v) is 14.9. The molecule has 0 aliphatic heterocycles. The molecule has 4 nitrogen and oxygen atoms in total. The fraction of sp³-hybridized carbons (Fsp3) is 0.390. The zero-order chi connectivity index (χ0) is 33.7. The van der Waals surface area contributed by atoms with Crippen molar-refractivity contribution in [2.24, 2.45) is 10.8 Å². The Morgan fingerprint density at radius 1 is 0.872 bits per heavy atom. The number of rotatable bonds is 9. The summed E-state index contributed by atoms with van der Waals surface area (Å²) < 4.78 is 1.25. The van der Waals surface area contributed by atoms with E-state index in [2.05, 4.69) is 91.4 Å². The largest absolute Gasteiger partial charge is 0.512 e. The molecule has 0 aliphatic carbocycles. The molecule has 1 N–H and O–H groups in total. The van der Waals surface area contributed by atoms with E-state index >= 15 is 0 Å². The van der Waals surface area contributed by atoms with Gasteiger partial charge in [0.15, 0.2) is 5.78 Å². The third kappa shape index (κ3) is 8.65. The van der Waals surface area contributed by atoms with Gasteiger partial charge in [0.2, 0.25) is 0 Å². The Balaban J connectivity index is 0.000000290. The van der Waals surface area contributed by atoms with Crippen LogP contribution < -0.4 is 0 Å². The molecule has 0 fully saturated rings. The molecule has 0 saturated carbocycles. The third-order valence-electron chi connectivity index (χ3n) is 9.82. The van der Waals surface area contributed by atoms with Crippen LogP contribution in [0.5, 0.6) is 0 Å². The molecule has 3 aromatic heterocycles. The van der Waals surface area contributed by atoms with Crippen molar-refractivity contribution in [1.82, 2.24) is 9.97 Å². The van der Waals surface area contributed by atoms with Crippen molar-refractivity contribution in [1.29, 1.82) is 0 Å². The summed E-state index contributed by atoms with van der Waals surface area (Å²) in [7, 11) is 0. The number of pyridine rings is 2. The predicted octanol–water partition coefficient (Wildman–Crippen LogP) is 11.9. The maximum atomic E-state index is 12.2. The van der Waals surface area contributed by atoms with Crippen LogP contribution in [0.2, 0.25) is 0 Å². The Bertz CT molecular complexity index is 1810. The van der Waals surface area contributed by atoms with Crippen LogP contribution in [0.15, 0.2) is 85.0 Å². The van der Waals surface area contributed by atoms with Crippen LogP contribution in [0.25, 0.3) is 42.6 Å². The minimum Gasteiger partial charge on any atom is -0.512 e. The molecule has 3 heterocycles. The van der Waals surface area contributed by atoms with E-state index < -0.39 is 0 Å². The van der Waals surface area contributed by atoms with Crippen LogP contribution in [0.3, 0.4) is 0 Å². The van der Waals surface area contributed by atoms with E-state index in [-0.39, 0.29) is 47.9 Å². The number of hydrogen-bond donors (Lipinski definition) is 1. The Morgan fingerprint density at radius 2 is 1.53 bits per heavy atom. The van der Waals surface area contributed by atoms with Crippen LogP contribution in [-0.4, -0.2) is 20.9 Å². The number of thiophene rings is 1. The number of hydrogen-bond acceptors (Lipinski definition) is 5. The van der Waals surface area contributed by atoms with E-state index in [4.69, 9.17) is 0 Å². The van der Waals surface area contributed by atoms with Crippen LogP contribution >= 0.6 is 11.3 Å². The zero-order valence-electron chi connectivity index (χ0n) is 29.3. The van der Waals surface area contributed by atoms with Gasteiger partial charge in [-0.25, -0.2) is 0 Å². The number of benzene rings is 2. The molecule has 0 unspecified atom stereocenters. The standard InChI is InChI=1S/C26H21N2S.C15H28O2.Ir/c1-26(2,3)22-13-19(12-17-6-4-5-7-21(17)22)23-14-18(8-11-28-23)25-15-20-16-27-10-9-24(20)29-25;1-7-14(5,8-2)12(16)11-13(17)15(6,9-3)10-4;/h4-11,13-16H,1-3H3;11,16H,7-10H2,1-6H3;/q-1;;/b;12-11-;. The SMILES string of the molecule is CC(C)(C)c1cc(-c2cc(-c3cc4cnccc4s3)ccn2)[c-]c2ccccc12.CCC(C)(CC)C(=O)/C=C(\O)C(C)(CC)CC.[Ir]. The molecular weight excluding hydrogens is 777 g/mol. The quantitative estimate of drug-likeness (QED) is 0.0913. The smallest absolute Gasteiger partial charge is 0.164 e. The average molecular weight is 826 g/mol. The minimum atomic E-state index is -0.337. The summed E-state index contributed by atoms with van der Waals surface area (Å²) in [6.45, 7) is 18.9. The molecule has 0 bridgehead atoms. The number of carbonyl (C=O) groups is 1. The summed E-state index contributed by atoms with van der Waals surface area (Å²) in [4.78, 5) is 22.3. The van der Waals surface area contributed by atoms with Gasteiger partial charge in [0.25, 0.3) is 0 Å². The maximum absolute atomic E-state index is 12.2. The van der Waals surface area contributed by atoms with Gasteiger partial charge in [-0.2, -0.15) is 0 Å². The van der Waals surface area contributed by atoms with Crippen LogP contribution in [0.4, 0.5) is 0 Å². The molecular formula is C41H49IrN2O2S-. The van der Waals surface area contributed by atoms with E-state index in [0.29, 0.717) is 0 Å². The van der Waals surface area contributed by atoms with Crippen molar-refractivity contribution < 1.29 is 30.0 Å². The Labute approximate surface area is 299 Å². The molecule has 1 radical (unpaired) electrons. The van der Waals surface area contributed by atoms with Crippen molar-refractivity contribution in [2.45, 2.75) is 93.4 Å².